The molecule has 6 nitrogen and oxygen atoms in total. The highest BCUT2D eigenvalue weighted by atomic mass is 16.5. The van der Waals surface area contributed by atoms with Crippen molar-refractivity contribution in [3.63, 3.8) is 0 Å². The van der Waals surface area contributed by atoms with Gasteiger partial charge in [0, 0.05) is 55.2 Å². The third-order valence-electron chi connectivity index (χ3n) is 5.21. The number of aromatic amines is 1. The molecule has 0 radical (unpaired) electrons. The number of aromatic nitrogens is 2. The van der Waals surface area contributed by atoms with Crippen molar-refractivity contribution >= 4 is 11.6 Å². The summed E-state index contributed by atoms with van der Waals surface area (Å²) in [5, 5.41) is 7.09. The molecule has 1 aromatic carbocycles. The Kier molecular flexibility index (Phi) is 4.70. The maximum absolute atomic E-state index is 12.9. The van der Waals surface area contributed by atoms with Gasteiger partial charge in [-0.2, -0.15) is 5.10 Å². The summed E-state index contributed by atoms with van der Waals surface area (Å²) in [6.07, 6.45) is 3.76. The molecule has 1 N–H and O–H groups in total. The van der Waals surface area contributed by atoms with E-state index in [1.165, 1.54) is 5.69 Å². The minimum absolute atomic E-state index is 0.137. The fourth-order valence-corrected chi connectivity index (χ4v) is 3.73. The van der Waals surface area contributed by atoms with E-state index in [0.29, 0.717) is 5.92 Å². The molecular weight excluding hydrogens is 316 g/mol. The third-order valence-corrected chi connectivity index (χ3v) is 5.21. The molecule has 2 aromatic rings. The molecule has 1 amide bonds. The first-order valence-corrected chi connectivity index (χ1v) is 9.02. The zero-order valence-electron chi connectivity index (χ0n) is 14.4. The molecule has 2 aliphatic rings. The summed E-state index contributed by atoms with van der Waals surface area (Å²) < 4.78 is 5.41. The van der Waals surface area contributed by atoms with Crippen molar-refractivity contribution in [1.82, 2.24) is 15.1 Å². The second-order valence-corrected chi connectivity index (χ2v) is 6.73. The number of benzene rings is 1. The summed E-state index contributed by atoms with van der Waals surface area (Å²) in [5.74, 6) is 0.615. The summed E-state index contributed by atoms with van der Waals surface area (Å²) >= 11 is 0. The molecule has 0 unspecified atom stereocenters. The van der Waals surface area contributed by atoms with Crippen molar-refractivity contribution in [1.29, 1.82) is 0 Å². The molecule has 2 aliphatic heterocycles. The zero-order chi connectivity index (χ0) is 17.1. The van der Waals surface area contributed by atoms with Crippen molar-refractivity contribution in [3.05, 3.63) is 47.8 Å². The number of amides is 1. The van der Waals surface area contributed by atoms with Gasteiger partial charge in [-0.15, -0.1) is 0 Å². The number of likely N-dealkylation sites (tertiary alicyclic amines) is 1. The van der Waals surface area contributed by atoms with E-state index in [0.717, 1.165) is 63.5 Å². The number of rotatable bonds is 3. The molecule has 3 heterocycles. The Hall–Kier alpha value is -2.34. The molecule has 0 atom stereocenters. The molecule has 0 bridgehead atoms. The number of carbonyl (C=O) groups is 1. The van der Waals surface area contributed by atoms with Crippen molar-refractivity contribution in [2.75, 3.05) is 44.3 Å². The lowest BCUT2D eigenvalue weighted by molar-refractivity contribution is 0.0712. The van der Waals surface area contributed by atoms with E-state index >= 15 is 0 Å². The Morgan fingerprint density at radius 3 is 2.64 bits per heavy atom. The van der Waals surface area contributed by atoms with Crippen LogP contribution in [-0.4, -0.2) is 60.4 Å². The van der Waals surface area contributed by atoms with Crippen LogP contribution in [0, 0.1) is 0 Å². The molecule has 6 heteroatoms. The Balaban J connectivity index is 1.41. The fraction of sp³-hybridized carbons (Fsp3) is 0.474. The van der Waals surface area contributed by atoms with Crippen molar-refractivity contribution in [2.24, 2.45) is 0 Å². The monoisotopic (exact) mass is 340 g/mol. The van der Waals surface area contributed by atoms with Crippen molar-refractivity contribution in [3.8, 4) is 0 Å². The largest absolute Gasteiger partial charge is 0.378 e. The highest BCUT2D eigenvalue weighted by molar-refractivity contribution is 5.95. The summed E-state index contributed by atoms with van der Waals surface area (Å²) in [5.41, 5.74) is 3.08. The third kappa shape index (κ3) is 3.54. The SMILES string of the molecule is O=C(c1cccc(N2CCOCC2)c1)N1CCC(c2ccn[nH]2)CC1. The van der Waals surface area contributed by atoms with Crippen LogP contribution >= 0.6 is 0 Å². The molecular formula is C19H24N4O2. The lowest BCUT2D eigenvalue weighted by atomic mass is 9.93. The number of anilines is 1. The van der Waals surface area contributed by atoms with Gasteiger partial charge in [0.2, 0.25) is 0 Å². The number of nitrogens with one attached hydrogen (secondary N) is 1. The quantitative estimate of drug-likeness (QED) is 0.931. The second-order valence-electron chi connectivity index (χ2n) is 6.73. The van der Waals surface area contributed by atoms with Crippen LogP contribution in [0.5, 0.6) is 0 Å². The average molecular weight is 340 g/mol. The van der Waals surface area contributed by atoms with E-state index in [2.05, 4.69) is 21.2 Å². The minimum atomic E-state index is 0.137. The molecule has 0 spiro atoms. The van der Waals surface area contributed by atoms with Crippen LogP contribution in [-0.2, 0) is 4.74 Å². The number of hydrogen-bond acceptors (Lipinski definition) is 4. The minimum Gasteiger partial charge on any atom is -0.378 e. The van der Waals surface area contributed by atoms with Crippen molar-refractivity contribution < 1.29 is 9.53 Å². The van der Waals surface area contributed by atoms with Crippen LogP contribution in [0.25, 0.3) is 0 Å². The predicted octanol–water partition coefficient (Wildman–Crippen LogP) is 2.27. The topological polar surface area (TPSA) is 61.5 Å². The number of nitrogens with zero attached hydrogens (tertiary/aromatic N) is 3. The smallest absolute Gasteiger partial charge is 0.253 e. The van der Waals surface area contributed by atoms with Gasteiger partial charge in [0.05, 0.1) is 13.2 Å². The Labute approximate surface area is 147 Å². The number of ether oxygens (including phenoxy) is 1. The van der Waals surface area contributed by atoms with Crippen LogP contribution in [0.2, 0.25) is 0 Å². The Bertz CT molecular complexity index is 702. The standard InChI is InChI=1S/C19H24N4O2/c24-19(23-8-5-15(6-9-23)18-4-7-20-21-18)16-2-1-3-17(14-16)22-10-12-25-13-11-22/h1-4,7,14-15H,5-6,8-13H2,(H,20,21). The van der Waals surface area contributed by atoms with Gasteiger partial charge in [0.1, 0.15) is 0 Å². The van der Waals surface area contributed by atoms with Crippen LogP contribution in [0.1, 0.15) is 34.8 Å². The maximum Gasteiger partial charge on any atom is 0.253 e. The molecule has 2 saturated heterocycles. The number of hydrogen-bond donors (Lipinski definition) is 1. The number of carbonyl (C=O) groups excluding carboxylic acids is 1. The molecule has 1 aromatic heterocycles. The van der Waals surface area contributed by atoms with E-state index in [1.54, 1.807) is 6.20 Å². The van der Waals surface area contributed by atoms with Crippen LogP contribution < -0.4 is 4.90 Å². The maximum atomic E-state index is 12.9. The van der Waals surface area contributed by atoms with Crippen LogP contribution in [0.15, 0.2) is 36.5 Å². The van der Waals surface area contributed by atoms with E-state index in [-0.39, 0.29) is 5.91 Å². The van der Waals surface area contributed by atoms with Gasteiger partial charge in [-0.3, -0.25) is 9.89 Å². The molecule has 132 valence electrons. The molecule has 2 fully saturated rings. The lowest BCUT2D eigenvalue weighted by Crippen LogP contribution is -2.38. The van der Waals surface area contributed by atoms with E-state index in [9.17, 15) is 4.79 Å². The van der Waals surface area contributed by atoms with E-state index in [4.69, 9.17) is 4.74 Å². The fourth-order valence-electron chi connectivity index (χ4n) is 3.73. The molecule has 0 saturated carbocycles. The second kappa shape index (κ2) is 7.27. The van der Waals surface area contributed by atoms with E-state index < -0.39 is 0 Å². The number of morpholine rings is 1. The van der Waals surface area contributed by atoms with Crippen LogP contribution in [0.3, 0.4) is 0 Å². The highest BCUT2D eigenvalue weighted by Gasteiger charge is 2.25. The summed E-state index contributed by atoms with van der Waals surface area (Å²) in [6, 6.07) is 10.0. The van der Waals surface area contributed by atoms with Gasteiger partial charge >= 0.3 is 0 Å². The molecule has 25 heavy (non-hydrogen) atoms. The molecule has 4 rings (SSSR count). The lowest BCUT2D eigenvalue weighted by Gasteiger charge is -2.32. The zero-order valence-corrected chi connectivity index (χ0v) is 14.4. The van der Waals surface area contributed by atoms with Gasteiger partial charge < -0.3 is 14.5 Å². The van der Waals surface area contributed by atoms with Crippen LogP contribution in [0.4, 0.5) is 5.69 Å². The summed E-state index contributed by atoms with van der Waals surface area (Å²) in [6.45, 7) is 4.85. The van der Waals surface area contributed by atoms with E-state index in [1.807, 2.05) is 29.2 Å². The van der Waals surface area contributed by atoms with Gasteiger partial charge in [-0.1, -0.05) is 6.07 Å². The normalized spacial score (nSPS) is 19.2. The Morgan fingerprint density at radius 2 is 1.92 bits per heavy atom. The highest BCUT2D eigenvalue weighted by Crippen LogP contribution is 2.27. The van der Waals surface area contributed by atoms with Gasteiger partial charge in [0.15, 0.2) is 0 Å². The molecule has 0 aliphatic carbocycles. The first-order valence-electron chi connectivity index (χ1n) is 9.02. The average Bonchev–Trinajstić information content (AvgIpc) is 3.23. The summed E-state index contributed by atoms with van der Waals surface area (Å²) in [7, 11) is 0. The predicted molar refractivity (Wildman–Crippen MR) is 95.9 cm³/mol. The van der Waals surface area contributed by atoms with Gasteiger partial charge in [-0.25, -0.2) is 0 Å². The number of piperidine rings is 1. The van der Waals surface area contributed by atoms with Gasteiger partial charge in [0.25, 0.3) is 5.91 Å². The Morgan fingerprint density at radius 1 is 1.12 bits per heavy atom. The summed E-state index contributed by atoms with van der Waals surface area (Å²) in [4.78, 5) is 17.2. The van der Waals surface area contributed by atoms with Gasteiger partial charge in [-0.05, 0) is 37.1 Å². The first-order chi connectivity index (χ1) is 12.3. The van der Waals surface area contributed by atoms with Crippen molar-refractivity contribution in [2.45, 2.75) is 18.8 Å². The number of H-pyrrole nitrogens is 1. The first kappa shape index (κ1) is 16.1.